The lowest BCUT2D eigenvalue weighted by atomic mass is 10.0. The number of nitrogens with zero attached hydrogens (tertiary/aromatic N) is 5. The summed E-state index contributed by atoms with van der Waals surface area (Å²) >= 11 is 6.09. The Balaban J connectivity index is 1.66. The molecule has 1 aliphatic rings. The first-order chi connectivity index (χ1) is 50.1. The molecular formula is C65H94ClN15O23S2. The average molecular weight is 1550 g/mol. The Morgan fingerprint density at radius 3 is 1.85 bits per heavy atom. The highest BCUT2D eigenvalue weighted by Gasteiger charge is 2.43. The predicted molar refractivity (Wildman–Crippen MR) is 383 cm³/mol. The number of H-pyrrole nitrogens is 1. The number of aromatic nitrogens is 1. The number of phenolic OH excluding ortho intramolecular Hbond substituents is 1. The second kappa shape index (κ2) is 45.3. The summed E-state index contributed by atoms with van der Waals surface area (Å²) in [6.07, 6.45) is -1.12. The number of rotatable bonds is 51. The second-order valence-corrected chi connectivity index (χ2v) is 28.5. The van der Waals surface area contributed by atoms with Gasteiger partial charge in [-0.1, -0.05) is 71.3 Å². The second-order valence-electron chi connectivity index (χ2n) is 25.5. The number of nitrogens with one attached hydrogen (secondary N) is 8. The third kappa shape index (κ3) is 31.8. The quantitative estimate of drug-likeness (QED) is 0.0145. The standard InChI is InChI=1S/C65H94ClN15O23S2/c1-36(2)18-46(73-52(85)23-68)61(100)71-37(3)34-105-106-35-48(65(104)81-25-41(83)22-49(81)64(103)72-40(33-82)19-38-8-10-51(84)43(66)20-38)76-60(99)45(9-11-54(87)88)75-62(101)47(21-39-24-70-44-7-5-4-6-42(39)44)74-53(86)27-77(14-12-67)15-13-69-63(102)50(80(31-58(95)96)32-59(97)98)26-78(28-55(89)90)16-17-79(29-56(91)92)30-57(93)94/h4-8,10,20,24,33,36-37,40-41,45-50,70,83-84H,9,11-19,21-23,25-32,34-35,67-68H2,1-3H3,(H,69,102)(H,71,100)(H,72,103)(H,73,85)(H,74,86)(H,75,101)(H,76,99)(H,87,88)(H,89,90)(H,91,92)(H,93,94)(H,95,96)(H,97,98)/t37-,40+,41-,45-,46+,47+,48+,49+,50-/m1/s1. The number of carbonyl (C=O) groups is 15. The molecule has 106 heavy (non-hydrogen) atoms. The Hall–Kier alpha value is -9.26. The normalized spacial score (nSPS) is 15.6. The highest BCUT2D eigenvalue weighted by atomic mass is 35.5. The molecule has 20 N–H and O–H groups in total. The number of aliphatic hydroxyl groups excluding tert-OH is 1. The number of halogens is 1. The zero-order valence-electron chi connectivity index (χ0n) is 58.5. The van der Waals surface area contributed by atoms with E-state index in [-0.39, 0.29) is 93.1 Å². The first-order valence-corrected chi connectivity index (χ1v) is 36.4. The topological polar surface area (TPSA) is 586 Å². The number of likely N-dealkylation sites (tertiary alicyclic amines) is 1. The number of para-hydroxylation sites is 1. The number of amides is 8. The van der Waals surface area contributed by atoms with Crippen LogP contribution in [-0.2, 0) is 84.8 Å². The number of hydrogen-bond acceptors (Lipinski definition) is 25. The van der Waals surface area contributed by atoms with Crippen molar-refractivity contribution in [2.24, 2.45) is 17.4 Å². The van der Waals surface area contributed by atoms with E-state index in [0.717, 1.165) is 41.2 Å². The highest BCUT2D eigenvalue weighted by molar-refractivity contribution is 8.76. The van der Waals surface area contributed by atoms with E-state index in [1.165, 1.54) is 23.1 Å². The maximum absolute atomic E-state index is 15.0. The monoisotopic (exact) mass is 1550 g/mol. The lowest BCUT2D eigenvalue weighted by Crippen LogP contribution is -2.59. The van der Waals surface area contributed by atoms with Gasteiger partial charge in [0.15, 0.2) is 0 Å². The number of aromatic hydroxyl groups is 1. The number of aldehydes is 1. The molecule has 0 aliphatic carbocycles. The van der Waals surface area contributed by atoms with Gasteiger partial charge in [0.25, 0.3) is 0 Å². The van der Waals surface area contributed by atoms with Crippen LogP contribution >= 0.6 is 33.2 Å². The first-order valence-electron chi connectivity index (χ1n) is 33.5. The SMILES string of the molecule is CC(C)C[C@H](NC(=O)CN)C(=O)N[C@H](C)CSSC[C@H](NC(=O)[C@@H](CCC(=O)O)NC(=O)[C@H](Cc1c[nH]c2ccccc12)NC(=O)CN(CCN)CCNC(=O)[C@@H](CN(CCN(CC(=O)O)CC(=O)O)CC(=O)O)N(CC(=O)O)CC(=O)O)C(=O)N1C[C@H](O)C[C@H]1C(=O)N[C@H](C=O)Cc1ccc(O)c(Cl)c1. The van der Waals surface area contributed by atoms with Crippen molar-refractivity contribution in [2.75, 3.05) is 110 Å². The van der Waals surface area contributed by atoms with Gasteiger partial charge >= 0.3 is 35.8 Å². The molecule has 0 saturated carbocycles. The van der Waals surface area contributed by atoms with Gasteiger partial charge < -0.3 is 104 Å². The molecule has 1 aromatic heterocycles. The van der Waals surface area contributed by atoms with Crippen molar-refractivity contribution in [1.82, 2.24) is 66.7 Å². The summed E-state index contributed by atoms with van der Waals surface area (Å²) in [5, 5.41) is 97.9. The molecule has 9 atom stereocenters. The van der Waals surface area contributed by atoms with E-state index in [1.54, 1.807) is 37.4 Å². The number of hydrogen-bond donors (Lipinski definition) is 18. The molecule has 1 fully saturated rings. The molecule has 1 aliphatic heterocycles. The number of aliphatic carboxylic acids is 6. The van der Waals surface area contributed by atoms with E-state index in [0.29, 0.717) is 28.3 Å². The third-order valence-corrected chi connectivity index (χ3v) is 19.1. The van der Waals surface area contributed by atoms with Gasteiger partial charge in [-0.2, -0.15) is 0 Å². The van der Waals surface area contributed by atoms with E-state index in [9.17, 15) is 113 Å². The summed E-state index contributed by atoms with van der Waals surface area (Å²) in [7, 11) is 2.15. The summed E-state index contributed by atoms with van der Waals surface area (Å²) < 4.78 is 0. The molecule has 3 aromatic rings. The fourth-order valence-corrected chi connectivity index (χ4v) is 14.0. The van der Waals surface area contributed by atoms with Crippen LogP contribution in [0.15, 0.2) is 48.7 Å². The average Bonchev–Trinajstić information content (AvgIpc) is 1.66. The Labute approximate surface area is 621 Å². The number of phenols is 1. The van der Waals surface area contributed by atoms with Gasteiger partial charge in [0.2, 0.25) is 47.3 Å². The van der Waals surface area contributed by atoms with Crippen LogP contribution < -0.4 is 48.7 Å². The predicted octanol–water partition coefficient (Wildman–Crippen LogP) is -4.27. The van der Waals surface area contributed by atoms with Gasteiger partial charge in [-0.25, -0.2) is 0 Å². The molecule has 38 nitrogen and oxygen atoms in total. The van der Waals surface area contributed by atoms with E-state index in [4.69, 9.17) is 23.1 Å². The van der Waals surface area contributed by atoms with Gasteiger partial charge in [0, 0.05) is 106 Å². The molecule has 4 rings (SSSR count). The Morgan fingerprint density at radius 2 is 1.25 bits per heavy atom. The van der Waals surface area contributed by atoms with E-state index < -0.39 is 209 Å². The number of carbonyl (C=O) groups excluding carboxylic acids is 9. The Kier molecular flexibility index (Phi) is 38.1. The van der Waals surface area contributed by atoms with Gasteiger partial charge in [-0.3, -0.25) is 86.7 Å². The minimum atomic E-state index is -1.79. The number of fused-ring (bicyclic) bond motifs is 1. The molecule has 1 saturated heterocycles. The zero-order chi connectivity index (χ0) is 78.9. The van der Waals surface area contributed by atoms with E-state index in [1.807, 2.05) is 13.8 Å². The first kappa shape index (κ1) is 89.1. The van der Waals surface area contributed by atoms with Gasteiger partial charge in [-0.15, -0.1) is 0 Å². The lowest BCUT2D eigenvalue weighted by Gasteiger charge is -2.33. The van der Waals surface area contributed by atoms with E-state index >= 15 is 0 Å². The summed E-state index contributed by atoms with van der Waals surface area (Å²) in [6.45, 7) is -2.81. The van der Waals surface area contributed by atoms with Crippen molar-refractivity contribution in [2.45, 2.75) is 114 Å². The summed E-state index contributed by atoms with van der Waals surface area (Å²) in [4.78, 5) is 205. The molecule has 2 heterocycles. The van der Waals surface area contributed by atoms with Crippen LogP contribution in [0.4, 0.5) is 0 Å². The van der Waals surface area contributed by atoms with Crippen molar-refractivity contribution in [3.05, 3.63) is 64.8 Å². The zero-order valence-corrected chi connectivity index (χ0v) is 60.9. The summed E-state index contributed by atoms with van der Waals surface area (Å²) in [5.74, 6) is -16.2. The molecule has 0 bridgehead atoms. The minimum Gasteiger partial charge on any atom is -0.506 e. The molecular weight excluding hydrogens is 1460 g/mol. The number of aliphatic hydroxyl groups is 1. The maximum Gasteiger partial charge on any atom is 0.317 e. The maximum atomic E-state index is 15.0. The van der Waals surface area contributed by atoms with Crippen molar-refractivity contribution >= 4 is 133 Å². The van der Waals surface area contributed by atoms with Crippen molar-refractivity contribution in [1.29, 1.82) is 0 Å². The van der Waals surface area contributed by atoms with Crippen LogP contribution in [0.5, 0.6) is 5.75 Å². The highest BCUT2D eigenvalue weighted by Crippen LogP contribution is 2.28. The lowest BCUT2D eigenvalue weighted by molar-refractivity contribution is -0.146. The van der Waals surface area contributed by atoms with Crippen LogP contribution in [0, 0.1) is 5.92 Å². The number of carboxylic acid groups (broad SMARTS) is 6. The van der Waals surface area contributed by atoms with Crippen LogP contribution in [0.25, 0.3) is 10.9 Å². The van der Waals surface area contributed by atoms with Gasteiger partial charge in [0.1, 0.15) is 48.3 Å². The summed E-state index contributed by atoms with van der Waals surface area (Å²) in [6, 6.07) is 0.117. The number of carboxylic acids is 6. The molecule has 8 amide bonds. The molecule has 0 unspecified atom stereocenters. The Morgan fingerprint density at radius 1 is 0.651 bits per heavy atom. The fraction of sp³-hybridized carbons (Fsp3) is 0.554. The van der Waals surface area contributed by atoms with Crippen molar-refractivity contribution < 1.29 is 113 Å². The Bertz CT molecular complexity index is 3530. The third-order valence-electron chi connectivity index (χ3n) is 16.2. The van der Waals surface area contributed by atoms with E-state index in [2.05, 4.69) is 42.2 Å². The minimum absolute atomic E-state index is 0.00631. The number of nitrogens with two attached hydrogens (primary N) is 2. The van der Waals surface area contributed by atoms with Gasteiger partial charge in [-0.05, 0) is 61.4 Å². The fourth-order valence-electron chi connectivity index (χ4n) is 11.3. The number of benzene rings is 2. The van der Waals surface area contributed by atoms with Gasteiger partial charge in [0.05, 0.1) is 63.0 Å². The van der Waals surface area contributed by atoms with Crippen molar-refractivity contribution in [3.63, 3.8) is 0 Å². The number of aromatic amines is 1. The summed E-state index contributed by atoms with van der Waals surface area (Å²) in [5.41, 5.74) is 13.0. The largest absolute Gasteiger partial charge is 0.506 e. The molecule has 0 spiro atoms. The molecule has 586 valence electrons. The van der Waals surface area contributed by atoms with Crippen LogP contribution in [-0.4, -0.2) is 324 Å². The van der Waals surface area contributed by atoms with Crippen LogP contribution in [0.3, 0.4) is 0 Å². The van der Waals surface area contributed by atoms with Crippen LogP contribution in [0.1, 0.15) is 57.6 Å². The smallest absolute Gasteiger partial charge is 0.317 e. The van der Waals surface area contributed by atoms with Crippen LogP contribution in [0.2, 0.25) is 5.02 Å². The molecule has 2 aromatic carbocycles. The van der Waals surface area contributed by atoms with Crippen molar-refractivity contribution in [3.8, 4) is 5.75 Å². The number of β-amino-alcohol motifs (C(OH)–C–C–N with tert-alkyl or cyclic N) is 1. The molecule has 41 heteroatoms. The molecule has 0 radical (unpaired) electrons.